The zero-order valence-electron chi connectivity index (χ0n) is 15.8. The molecule has 148 valence electrons. The molecule has 0 aromatic heterocycles. The van der Waals surface area contributed by atoms with E-state index in [1.165, 1.54) is 18.2 Å². The van der Waals surface area contributed by atoms with E-state index in [0.29, 0.717) is 5.56 Å². The van der Waals surface area contributed by atoms with Gasteiger partial charge in [0.1, 0.15) is 11.4 Å². The summed E-state index contributed by atoms with van der Waals surface area (Å²) in [6.45, 7) is 6.61. The number of anilines is 2. The van der Waals surface area contributed by atoms with Crippen LogP contribution in [-0.4, -0.2) is 22.5 Å². The van der Waals surface area contributed by atoms with Gasteiger partial charge in [0.2, 0.25) is 0 Å². The van der Waals surface area contributed by atoms with Crippen LogP contribution in [0, 0.1) is 22.9 Å². The maximum atomic E-state index is 13.6. The quantitative estimate of drug-likeness (QED) is 0.584. The maximum Gasteiger partial charge on any atom is 0.412 e. The molecule has 2 aromatic carbocycles. The first-order valence-corrected chi connectivity index (χ1v) is 8.32. The number of nitro benzene ring substituents is 1. The molecule has 9 heteroatoms. The van der Waals surface area contributed by atoms with Crippen LogP contribution in [0.15, 0.2) is 36.4 Å². The van der Waals surface area contributed by atoms with E-state index in [1.54, 1.807) is 27.7 Å². The van der Waals surface area contributed by atoms with Gasteiger partial charge in [0.15, 0.2) is 0 Å². The molecule has 0 spiro atoms. The van der Waals surface area contributed by atoms with Crippen molar-refractivity contribution in [2.45, 2.75) is 33.3 Å². The number of nitrogens with zero attached hydrogens (tertiary/aromatic N) is 1. The van der Waals surface area contributed by atoms with Crippen LogP contribution >= 0.6 is 0 Å². The summed E-state index contributed by atoms with van der Waals surface area (Å²) in [4.78, 5) is 34.9. The zero-order valence-corrected chi connectivity index (χ0v) is 15.8. The van der Waals surface area contributed by atoms with Crippen molar-refractivity contribution >= 4 is 29.1 Å². The Morgan fingerprint density at radius 1 is 1.07 bits per heavy atom. The molecule has 2 N–H and O–H groups in total. The second kappa shape index (κ2) is 8.03. The molecule has 0 bridgehead atoms. The van der Waals surface area contributed by atoms with Crippen molar-refractivity contribution in [2.24, 2.45) is 0 Å². The molecule has 2 amide bonds. The standard InChI is InChI=1S/C19H20FN3O5/c1-11-5-6-12(9-16(11)23(26)27)17(24)21-15-10-13(20)7-8-14(15)22-18(25)28-19(2,3)4/h5-10H,1-4H3,(H,21,24)(H,22,25). The Labute approximate surface area is 160 Å². The van der Waals surface area contributed by atoms with E-state index in [4.69, 9.17) is 4.74 Å². The first kappa shape index (κ1) is 20.8. The first-order chi connectivity index (χ1) is 13.0. The maximum absolute atomic E-state index is 13.6. The normalized spacial score (nSPS) is 10.9. The van der Waals surface area contributed by atoms with Gasteiger partial charge < -0.3 is 10.1 Å². The SMILES string of the molecule is Cc1ccc(C(=O)Nc2cc(F)ccc2NC(=O)OC(C)(C)C)cc1[N+](=O)[O-]. The topological polar surface area (TPSA) is 111 Å². The van der Waals surface area contributed by atoms with Crippen LogP contribution < -0.4 is 10.6 Å². The Morgan fingerprint density at radius 2 is 1.75 bits per heavy atom. The molecule has 8 nitrogen and oxygen atoms in total. The molecule has 0 radical (unpaired) electrons. The number of amides is 2. The van der Waals surface area contributed by atoms with Gasteiger partial charge in [-0.05, 0) is 52.0 Å². The van der Waals surface area contributed by atoms with Crippen LogP contribution in [0.5, 0.6) is 0 Å². The lowest BCUT2D eigenvalue weighted by Gasteiger charge is -2.20. The molecule has 0 saturated heterocycles. The number of nitrogens with one attached hydrogen (secondary N) is 2. The Morgan fingerprint density at radius 3 is 2.36 bits per heavy atom. The molecule has 0 unspecified atom stereocenters. The highest BCUT2D eigenvalue weighted by Gasteiger charge is 2.19. The summed E-state index contributed by atoms with van der Waals surface area (Å²) in [5.41, 5.74) is -0.429. The second-order valence-electron chi connectivity index (χ2n) is 7.03. The van der Waals surface area contributed by atoms with Crippen LogP contribution in [0.2, 0.25) is 0 Å². The molecule has 0 heterocycles. The Balaban J connectivity index is 2.27. The number of rotatable bonds is 4. The van der Waals surface area contributed by atoms with Gasteiger partial charge in [0.25, 0.3) is 11.6 Å². The van der Waals surface area contributed by atoms with Crippen molar-refractivity contribution < 1.29 is 23.6 Å². The van der Waals surface area contributed by atoms with E-state index in [0.717, 1.165) is 18.2 Å². The van der Waals surface area contributed by atoms with Crippen molar-refractivity contribution in [1.82, 2.24) is 0 Å². The lowest BCUT2D eigenvalue weighted by atomic mass is 10.1. The minimum absolute atomic E-state index is 0.0147. The van der Waals surface area contributed by atoms with Crippen molar-refractivity contribution in [2.75, 3.05) is 10.6 Å². The molecule has 0 aliphatic heterocycles. The molecule has 0 aliphatic rings. The van der Waals surface area contributed by atoms with E-state index < -0.39 is 28.3 Å². The third-order valence-corrected chi connectivity index (χ3v) is 3.53. The van der Waals surface area contributed by atoms with Gasteiger partial charge in [-0.1, -0.05) is 6.07 Å². The predicted octanol–water partition coefficient (Wildman–Crippen LogP) is 4.64. The third-order valence-electron chi connectivity index (χ3n) is 3.53. The second-order valence-corrected chi connectivity index (χ2v) is 7.03. The molecular weight excluding hydrogens is 369 g/mol. The summed E-state index contributed by atoms with van der Waals surface area (Å²) in [5.74, 6) is -1.33. The summed E-state index contributed by atoms with van der Waals surface area (Å²) in [7, 11) is 0. The van der Waals surface area contributed by atoms with E-state index >= 15 is 0 Å². The van der Waals surface area contributed by atoms with Crippen LogP contribution in [0.4, 0.5) is 26.2 Å². The summed E-state index contributed by atoms with van der Waals surface area (Å²) < 4.78 is 18.8. The summed E-state index contributed by atoms with van der Waals surface area (Å²) in [5, 5.41) is 15.9. The highest BCUT2D eigenvalue weighted by atomic mass is 19.1. The van der Waals surface area contributed by atoms with Crippen molar-refractivity contribution in [3.05, 3.63) is 63.5 Å². The molecule has 2 rings (SSSR count). The van der Waals surface area contributed by atoms with Crippen molar-refractivity contribution in [3.8, 4) is 0 Å². The number of hydrogen-bond acceptors (Lipinski definition) is 5. The highest BCUT2D eigenvalue weighted by molar-refractivity contribution is 6.07. The fourth-order valence-corrected chi connectivity index (χ4v) is 2.28. The number of aryl methyl sites for hydroxylation is 1. The molecule has 0 fully saturated rings. The number of carbonyl (C=O) groups excluding carboxylic acids is 2. The lowest BCUT2D eigenvalue weighted by Crippen LogP contribution is -2.27. The lowest BCUT2D eigenvalue weighted by molar-refractivity contribution is -0.385. The van der Waals surface area contributed by atoms with E-state index in [-0.39, 0.29) is 22.6 Å². The summed E-state index contributed by atoms with van der Waals surface area (Å²) >= 11 is 0. The van der Waals surface area contributed by atoms with E-state index in [9.17, 15) is 24.1 Å². The van der Waals surface area contributed by atoms with Crippen LogP contribution in [-0.2, 0) is 4.74 Å². The van der Waals surface area contributed by atoms with Crippen LogP contribution in [0.1, 0.15) is 36.7 Å². The molecule has 0 atom stereocenters. The Bertz CT molecular complexity index is 938. The highest BCUT2D eigenvalue weighted by Crippen LogP contribution is 2.25. The predicted molar refractivity (Wildman–Crippen MR) is 102 cm³/mol. The van der Waals surface area contributed by atoms with E-state index in [2.05, 4.69) is 10.6 Å². The monoisotopic (exact) mass is 389 g/mol. The van der Waals surface area contributed by atoms with Gasteiger partial charge in [-0.15, -0.1) is 0 Å². The Kier molecular flexibility index (Phi) is 5.97. The van der Waals surface area contributed by atoms with Gasteiger partial charge in [0.05, 0.1) is 16.3 Å². The minimum Gasteiger partial charge on any atom is -0.444 e. The molecular formula is C19H20FN3O5. The van der Waals surface area contributed by atoms with E-state index in [1.807, 2.05) is 0 Å². The van der Waals surface area contributed by atoms with Crippen LogP contribution in [0.25, 0.3) is 0 Å². The Hall–Kier alpha value is -3.49. The zero-order chi connectivity index (χ0) is 21.1. The number of halogens is 1. The average molecular weight is 389 g/mol. The van der Waals surface area contributed by atoms with Gasteiger partial charge in [-0.2, -0.15) is 0 Å². The first-order valence-electron chi connectivity index (χ1n) is 8.32. The molecule has 0 saturated carbocycles. The number of hydrogen-bond donors (Lipinski definition) is 2. The molecule has 0 aliphatic carbocycles. The number of carbonyl (C=O) groups is 2. The number of ether oxygens (including phenoxy) is 1. The summed E-state index contributed by atoms with van der Waals surface area (Å²) in [6.07, 6.45) is -0.777. The fourth-order valence-electron chi connectivity index (χ4n) is 2.28. The minimum atomic E-state index is -0.777. The van der Waals surface area contributed by atoms with Gasteiger partial charge in [-0.25, -0.2) is 9.18 Å². The molecule has 2 aromatic rings. The van der Waals surface area contributed by atoms with Gasteiger partial charge >= 0.3 is 6.09 Å². The largest absolute Gasteiger partial charge is 0.444 e. The van der Waals surface area contributed by atoms with Crippen molar-refractivity contribution in [3.63, 3.8) is 0 Å². The van der Waals surface area contributed by atoms with Crippen molar-refractivity contribution in [1.29, 1.82) is 0 Å². The average Bonchev–Trinajstić information content (AvgIpc) is 2.55. The summed E-state index contributed by atoms with van der Waals surface area (Å²) in [6, 6.07) is 7.39. The number of benzene rings is 2. The third kappa shape index (κ3) is 5.50. The van der Waals surface area contributed by atoms with Gasteiger partial charge in [0, 0.05) is 17.2 Å². The van der Waals surface area contributed by atoms with Crippen LogP contribution in [0.3, 0.4) is 0 Å². The molecule has 28 heavy (non-hydrogen) atoms. The fraction of sp³-hybridized carbons (Fsp3) is 0.263. The number of nitro groups is 1. The smallest absolute Gasteiger partial charge is 0.412 e. The van der Waals surface area contributed by atoms with Gasteiger partial charge in [-0.3, -0.25) is 20.2 Å².